The predicted octanol–water partition coefficient (Wildman–Crippen LogP) is 1.12. The molecule has 0 aliphatic carbocycles. The average Bonchev–Trinajstić information content (AvgIpc) is 2.69. The SMILES string of the molecule is CCO[Si](CCC[SiH]([SiH3])[SiH]([SiH3])CCC[Si](OCC)(OCC)OCC)(OCC)OCC. The topological polar surface area (TPSA) is 55.4 Å². The quantitative estimate of drug-likeness (QED) is 0.207. The molecule has 2 unspecified atom stereocenters. The third-order valence-corrected chi connectivity index (χ3v) is 60.1. The maximum Gasteiger partial charge on any atom is 0.500 e. The Kier molecular flexibility index (Phi) is 19.1. The van der Waals surface area contributed by atoms with E-state index in [2.05, 4.69) is 0 Å². The highest BCUT2D eigenvalue weighted by molar-refractivity contribution is 7.53. The second kappa shape index (κ2) is 18.5. The maximum atomic E-state index is 6.03. The van der Waals surface area contributed by atoms with Crippen LogP contribution in [0.2, 0.25) is 24.2 Å². The molecule has 0 N–H and O–H groups in total. The van der Waals surface area contributed by atoms with Crippen molar-refractivity contribution in [1.82, 2.24) is 0 Å². The fraction of sp³-hybridized carbons (Fsp3) is 1.00. The van der Waals surface area contributed by atoms with E-state index in [-0.39, 0.29) is 0 Å². The van der Waals surface area contributed by atoms with Gasteiger partial charge in [-0.3, -0.25) is 0 Å². The molecule has 182 valence electrons. The lowest BCUT2D eigenvalue weighted by molar-refractivity contribution is 0.0703. The highest BCUT2D eigenvalue weighted by Gasteiger charge is 2.41. The van der Waals surface area contributed by atoms with Crippen LogP contribution in [0.1, 0.15) is 54.4 Å². The van der Waals surface area contributed by atoms with Gasteiger partial charge in [-0.2, -0.15) is 0 Å². The van der Waals surface area contributed by atoms with Crippen LogP contribution in [0.4, 0.5) is 0 Å². The van der Waals surface area contributed by atoms with Crippen molar-refractivity contribution in [2.45, 2.75) is 78.6 Å². The summed E-state index contributed by atoms with van der Waals surface area (Å²) in [6.45, 7) is 16.3. The Morgan fingerprint density at radius 2 is 0.733 bits per heavy atom. The summed E-state index contributed by atoms with van der Waals surface area (Å²) in [5.41, 5.74) is 0. The first-order valence-electron chi connectivity index (χ1n) is 12.2. The lowest BCUT2D eigenvalue weighted by Gasteiger charge is -2.30. The zero-order valence-electron chi connectivity index (χ0n) is 21.1. The zero-order valence-corrected chi connectivity index (χ0v) is 29.4. The molecule has 0 fully saturated rings. The minimum atomic E-state index is -2.45. The van der Waals surface area contributed by atoms with Crippen molar-refractivity contribution in [1.29, 1.82) is 0 Å². The molecule has 12 heteroatoms. The van der Waals surface area contributed by atoms with Crippen LogP contribution in [0, 0.1) is 0 Å². The van der Waals surface area contributed by atoms with Gasteiger partial charge in [-0.1, -0.05) is 24.9 Å². The summed E-state index contributed by atoms with van der Waals surface area (Å²) >= 11 is 0. The van der Waals surface area contributed by atoms with Gasteiger partial charge in [0.2, 0.25) is 0 Å². The molecule has 6 nitrogen and oxygen atoms in total. The summed E-state index contributed by atoms with van der Waals surface area (Å²) in [4.78, 5) is 0. The molecule has 0 rings (SSSR count). The molecule has 2 atom stereocenters. The second-order valence-electron chi connectivity index (χ2n) is 7.70. The fourth-order valence-electron chi connectivity index (χ4n) is 3.85. The normalized spacial score (nSPS) is 15.0. The van der Waals surface area contributed by atoms with Crippen molar-refractivity contribution in [3.8, 4) is 0 Å². The Labute approximate surface area is 197 Å². The van der Waals surface area contributed by atoms with Crippen LogP contribution in [0.3, 0.4) is 0 Å². The lowest BCUT2D eigenvalue weighted by atomic mass is 10.6. The number of hydrogen-bond acceptors (Lipinski definition) is 6. The smallest absolute Gasteiger partial charge is 0.374 e. The standard InChI is InChI=1S/C18H50O6Si6/c1-7-19-29(20-8-2,21-9-3)17-13-15-27(25)28(26)16-14-18-30(22-10-4,23-11-5)24-12-6/h27-28H,7-18H2,1-6,25-26H3. The van der Waals surface area contributed by atoms with E-state index in [0.717, 1.165) is 12.1 Å². The van der Waals surface area contributed by atoms with E-state index in [1.54, 1.807) is 0 Å². The molecule has 0 aliphatic rings. The van der Waals surface area contributed by atoms with Crippen molar-refractivity contribution in [2.75, 3.05) is 39.6 Å². The van der Waals surface area contributed by atoms with Gasteiger partial charge in [-0.05, 0) is 61.1 Å². The van der Waals surface area contributed by atoms with Crippen LogP contribution in [-0.4, -0.2) is 92.4 Å². The van der Waals surface area contributed by atoms with Crippen molar-refractivity contribution < 1.29 is 26.6 Å². The van der Waals surface area contributed by atoms with Gasteiger partial charge >= 0.3 is 17.6 Å². The van der Waals surface area contributed by atoms with E-state index in [0.29, 0.717) is 39.6 Å². The summed E-state index contributed by atoms with van der Waals surface area (Å²) in [5, 5.41) is 0. The van der Waals surface area contributed by atoms with Gasteiger partial charge in [-0.25, -0.2) is 0 Å². The van der Waals surface area contributed by atoms with Gasteiger partial charge in [0.25, 0.3) is 0 Å². The van der Waals surface area contributed by atoms with Gasteiger partial charge in [-0.15, -0.1) is 0 Å². The molecule has 0 saturated carbocycles. The minimum absolute atomic E-state index is 0.492. The molecular formula is C18H50O6Si6. The summed E-state index contributed by atoms with van der Waals surface area (Å²) in [6.07, 6.45) is 2.46. The fourth-order valence-corrected chi connectivity index (χ4v) is 26.1. The summed E-state index contributed by atoms with van der Waals surface area (Å²) < 4.78 is 36.2. The van der Waals surface area contributed by atoms with Crippen molar-refractivity contribution >= 4 is 52.8 Å². The Morgan fingerprint density at radius 3 is 0.933 bits per heavy atom. The zero-order chi connectivity index (χ0) is 22.9. The highest BCUT2D eigenvalue weighted by Crippen LogP contribution is 2.22. The van der Waals surface area contributed by atoms with Crippen molar-refractivity contribution in [3.63, 3.8) is 0 Å². The van der Waals surface area contributed by atoms with E-state index in [9.17, 15) is 0 Å². The van der Waals surface area contributed by atoms with Gasteiger partial charge < -0.3 is 26.6 Å². The Morgan fingerprint density at radius 1 is 0.500 bits per heavy atom. The molecule has 0 aromatic carbocycles. The largest absolute Gasteiger partial charge is 0.500 e. The van der Waals surface area contributed by atoms with E-state index in [1.807, 2.05) is 41.5 Å². The molecule has 0 radical (unpaired) electrons. The van der Waals surface area contributed by atoms with Crippen LogP contribution in [-0.2, 0) is 26.6 Å². The minimum Gasteiger partial charge on any atom is -0.374 e. The third kappa shape index (κ3) is 12.3. The summed E-state index contributed by atoms with van der Waals surface area (Å²) in [6, 6.07) is 4.90. The van der Waals surface area contributed by atoms with E-state index in [1.165, 1.54) is 44.4 Å². The van der Waals surface area contributed by atoms with Crippen molar-refractivity contribution in [3.05, 3.63) is 0 Å². The molecule has 0 bridgehead atoms. The van der Waals surface area contributed by atoms with Crippen LogP contribution < -0.4 is 0 Å². The molecule has 0 aliphatic heterocycles. The first kappa shape index (κ1) is 31.1. The first-order chi connectivity index (χ1) is 14.4. The number of hydrogen-bond donors (Lipinski definition) is 0. The Bertz CT molecular complexity index is 339. The lowest BCUT2D eigenvalue weighted by Crippen LogP contribution is -2.47. The molecule has 0 aromatic rings. The monoisotopic (exact) mass is 530 g/mol. The maximum absolute atomic E-state index is 6.03. The molecule has 0 aromatic heterocycles. The molecule has 0 heterocycles. The molecule has 0 saturated heterocycles. The average molecular weight is 531 g/mol. The molecule has 0 spiro atoms. The number of rotatable bonds is 21. The molecule has 30 heavy (non-hydrogen) atoms. The second-order valence-corrected chi connectivity index (χ2v) is 42.0. The highest BCUT2D eigenvalue weighted by atomic mass is 29.7. The van der Waals surface area contributed by atoms with Gasteiger partial charge in [0, 0.05) is 67.4 Å². The van der Waals surface area contributed by atoms with Crippen molar-refractivity contribution in [2.24, 2.45) is 0 Å². The van der Waals surface area contributed by atoms with Crippen LogP contribution in [0.5, 0.6) is 0 Å². The molecular weight excluding hydrogens is 481 g/mol. The van der Waals surface area contributed by atoms with Gasteiger partial charge in [0.1, 0.15) is 0 Å². The van der Waals surface area contributed by atoms with Gasteiger partial charge in [0.05, 0.1) is 0 Å². The Hall–Kier alpha value is 1.06. The third-order valence-electron chi connectivity index (χ3n) is 5.44. The van der Waals surface area contributed by atoms with Crippen LogP contribution in [0.25, 0.3) is 0 Å². The summed E-state index contributed by atoms with van der Waals surface area (Å²) in [7, 11) is -3.02. The molecule has 0 amide bonds. The predicted molar refractivity (Wildman–Crippen MR) is 144 cm³/mol. The van der Waals surface area contributed by atoms with Crippen LogP contribution in [0.15, 0.2) is 0 Å². The van der Waals surface area contributed by atoms with E-state index in [4.69, 9.17) is 26.6 Å². The van der Waals surface area contributed by atoms with Crippen LogP contribution >= 0.6 is 0 Å². The van der Waals surface area contributed by atoms with E-state index >= 15 is 0 Å². The first-order valence-corrected chi connectivity index (χ1v) is 29.6. The van der Waals surface area contributed by atoms with E-state index < -0.39 is 33.3 Å². The van der Waals surface area contributed by atoms with Gasteiger partial charge in [0.15, 0.2) is 0 Å². The Balaban J connectivity index is 4.56. The summed E-state index contributed by atoms with van der Waals surface area (Å²) in [5.74, 6) is 0.